The summed E-state index contributed by atoms with van der Waals surface area (Å²) in [6.07, 6.45) is 4.24. The van der Waals surface area contributed by atoms with Crippen LogP contribution in [0.15, 0.2) is 29.7 Å². The minimum atomic E-state index is -0.865. The predicted octanol–water partition coefficient (Wildman–Crippen LogP) is 2.01. The lowest BCUT2D eigenvalue weighted by Gasteiger charge is -2.10. The van der Waals surface area contributed by atoms with E-state index in [1.165, 1.54) is 11.8 Å². The molecule has 2 aromatic heterocycles. The molecule has 0 radical (unpaired) electrons. The van der Waals surface area contributed by atoms with Gasteiger partial charge in [-0.15, -0.1) is 0 Å². The van der Waals surface area contributed by atoms with E-state index in [4.69, 9.17) is 9.84 Å². The van der Waals surface area contributed by atoms with Gasteiger partial charge in [0.1, 0.15) is 0 Å². The van der Waals surface area contributed by atoms with Gasteiger partial charge in [-0.25, -0.2) is 9.97 Å². The molecule has 0 fully saturated rings. The molecule has 2 heterocycles. The summed E-state index contributed by atoms with van der Waals surface area (Å²) < 4.78 is 6.95. The Morgan fingerprint density at radius 3 is 2.75 bits per heavy atom. The fourth-order valence-corrected chi connectivity index (χ4v) is 2.48. The van der Waals surface area contributed by atoms with E-state index in [-0.39, 0.29) is 5.75 Å². The molecular weight excluding hydrogens is 278 g/mol. The monoisotopic (exact) mass is 293 g/mol. The Morgan fingerprint density at radius 1 is 1.40 bits per heavy atom. The molecule has 0 aliphatic rings. The van der Waals surface area contributed by atoms with E-state index in [2.05, 4.69) is 9.97 Å². The molecule has 1 N–H and O–H groups in total. The molecule has 0 saturated heterocycles. The molecule has 106 valence electrons. The number of imidazole rings is 1. The molecule has 0 atom stereocenters. The van der Waals surface area contributed by atoms with Crippen LogP contribution >= 0.6 is 11.8 Å². The van der Waals surface area contributed by atoms with Crippen LogP contribution in [0.3, 0.4) is 0 Å². The molecule has 2 rings (SSSR count). The fraction of sp³-hybridized carbons (Fsp3) is 0.308. The van der Waals surface area contributed by atoms with E-state index in [1.807, 2.05) is 17.6 Å². The van der Waals surface area contributed by atoms with Gasteiger partial charge in [0.05, 0.1) is 24.7 Å². The fourth-order valence-electron chi connectivity index (χ4n) is 1.75. The lowest BCUT2D eigenvalue weighted by molar-refractivity contribution is -0.133. The van der Waals surface area contributed by atoms with Crippen LogP contribution in [0.2, 0.25) is 0 Å². The number of aliphatic carboxylic acids is 1. The van der Waals surface area contributed by atoms with Crippen molar-refractivity contribution in [1.82, 2.24) is 14.5 Å². The number of carbonyl (C=O) groups is 1. The molecule has 6 nitrogen and oxygen atoms in total. The number of thioether (sulfide) groups is 1. The van der Waals surface area contributed by atoms with Crippen molar-refractivity contribution in [2.24, 2.45) is 0 Å². The molecule has 0 spiro atoms. The average Bonchev–Trinajstić information content (AvgIpc) is 2.88. The van der Waals surface area contributed by atoms with Crippen LogP contribution in [0.1, 0.15) is 12.6 Å². The Hall–Kier alpha value is -2.02. The highest BCUT2D eigenvalue weighted by molar-refractivity contribution is 7.99. The first-order chi connectivity index (χ1) is 9.65. The first-order valence-electron chi connectivity index (χ1n) is 6.07. The minimum absolute atomic E-state index is 0.0241. The van der Waals surface area contributed by atoms with Gasteiger partial charge in [0.2, 0.25) is 5.88 Å². The highest BCUT2D eigenvalue weighted by Crippen LogP contribution is 2.24. The Morgan fingerprint density at radius 2 is 2.20 bits per heavy atom. The Bertz CT molecular complexity index is 595. The van der Waals surface area contributed by atoms with E-state index in [0.29, 0.717) is 11.0 Å². The molecular formula is C13H15N3O3S. The number of methoxy groups -OCH3 is 1. The van der Waals surface area contributed by atoms with Crippen molar-refractivity contribution < 1.29 is 14.6 Å². The number of carboxylic acids is 1. The number of hydrogen-bond donors (Lipinski definition) is 1. The van der Waals surface area contributed by atoms with Crippen molar-refractivity contribution in [3.05, 3.63) is 30.2 Å². The van der Waals surface area contributed by atoms with Crippen LogP contribution in [0, 0.1) is 0 Å². The second-order valence-electron chi connectivity index (χ2n) is 3.96. The highest BCUT2D eigenvalue weighted by Gasteiger charge is 2.13. The number of aryl methyl sites for hydroxylation is 1. The lowest BCUT2D eigenvalue weighted by atomic mass is 10.3. The molecule has 0 unspecified atom stereocenters. The molecule has 2 aromatic rings. The molecule has 0 bridgehead atoms. The minimum Gasteiger partial charge on any atom is -0.481 e. The molecule has 7 heteroatoms. The van der Waals surface area contributed by atoms with Crippen LogP contribution in [0.5, 0.6) is 5.88 Å². The zero-order valence-corrected chi connectivity index (χ0v) is 12.1. The summed E-state index contributed by atoms with van der Waals surface area (Å²) in [5.74, 6) is -0.355. The van der Waals surface area contributed by atoms with E-state index in [0.717, 1.165) is 17.8 Å². The van der Waals surface area contributed by atoms with Gasteiger partial charge in [-0.1, -0.05) is 18.7 Å². The van der Waals surface area contributed by atoms with Crippen molar-refractivity contribution in [3.63, 3.8) is 0 Å². The Balaban J connectivity index is 2.36. The molecule has 0 saturated carbocycles. The molecule has 0 aliphatic heterocycles. The summed E-state index contributed by atoms with van der Waals surface area (Å²) in [4.78, 5) is 19.1. The number of carboxylic acid groups (broad SMARTS) is 1. The summed E-state index contributed by atoms with van der Waals surface area (Å²) in [5.41, 5.74) is 1.85. The zero-order valence-electron chi connectivity index (χ0n) is 11.2. The largest absolute Gasteiger partial charge is 0.481 e. The number of hydrogen-bond acceptors (Lipinski definition) is 5. The van der Waals surface area contributed by atoms with Gasteiger partial charge in [-0.2, -0.15) is 0 Å². The first kappa shape index (κ1) is 14.4. The molecule has 0 aromatic carbocycles. The quantitative estimate of drug-likeness (QED) is 0.821. The number of ether oxygens (including phenoxy) is 1. The van der Waals surface area contributed by atoms with Crippen LogP contribution in [0.25, 0.3) is 5.69 Å². The van der Waals surface area contributed by atoms with Crippen molar-refractivity contribution in [3.8, 4) is 11.6 Å². The summed E-state index contributed by atoms with van der Waals surface area (Å²) in [7, 11) is 1.56. The molecule has 0 amide bonds. The van der Waals surface area contributed by atoms with E-state index in [1.54, 1.807) is 25.6 Å². The van der Waals surface area contributed by atoms with Crippen molar-refractivity contribution in [1.29, 1.82) is 0 Å². The third-order valence-electron chi connectivity index (χ3n) is 2.68. The summed E-state index contributed by atoms with van der Waals surface area (Å²) in [6.45, 7) is 2.02. The predicted molar refractivity (Wildman–Crippen MR) is 75.6 cm³/mol. The van der Waals surface area contributed by atoms with Gasteiger partial charge in [0.25, 0.3) is 0 Å². The Labute approximate surface area is 120 Å². The topological polar surface area (TPSA) is 77.2 Å². The zero-order chi connectivity index (χ0) is 14.5. The van der Waals surface area contributed by atoms with Gasteiger partial charge in [-0.05, 0) is 12.5 Å². The number of pyridine rings is 1. The van der Waals surface area contributed by atoms with E-state index in [9.17, 15) is 4.79 Å². The Kier molecular flexibility index (Phi) is 4.62. The first-order valence-corrected chi connectivity index (χ1v) is 7.06. The maximum atomic E-state index is 10.7. The SMILES string of the molecule is CCc1cnc(SCC(=O)O)n1-c1ccc(OC)nc1. The maximum absolute atomic E-state index is 10.7. The summed E-state index contributed by atoms with van der Waals surface area (Å²) in [5, 5.41) is 9.43. The smallest absolute Gasteiger partial charge is 0.313 e. The van der Waals surface area contributed by atoms with Gasteiger partial charge in [-0.3, -0.25) is 9.36 Å². The second-order valence-corrected chi connectivity index (χ2v) is 4.90. The van der Waals surface area contributed by atoms with Gasteiger partial charge < -0.3 is 9.84 Å². The lowest BCUT2D eigenvalue weighted by Crippen LogP contribution is -2.04. The van der Waals surface area contributed by atoms with Crippen molar-refractivity contribution in [2.75, 3.05) is 12.9 Å². The van der Waals surface area contributed by atoms with Crippen LogP contribution in [-0.2, 0) is 11.2 Å². The third kappa shape index (κ3) is 3.11. The van der Waals surface area contributed by atoms with Crippen LogP contribution in [-0.4, -0.2) is 38.5 Å². The number of rotatable bonds is 6. The van der Waals surface area contributed by atoms with Crippen LogP contribution < -0.4 is 4.74 Å². The standard InChI is InChI=1S/C13H15N3O3S/c1-3-9-6-15-13(20-8-12(17)18)16(9)10-4-5-11(19-2)14-7-10/h4-7H,3,8H2,1-2H3,(H,17,18). The maximum Gasteiger partial charge on any atom is 0.313 e. The van der Waals surface area contributed by atoms with Gasteiger partial charge in [0, 0.05) is 18.0 Å². The normalized spacial score (nSPS) is 10.5. The van der Waals surface area contributed by atoms with E-state index >= 15 is 0 Å². The number of nitrogens with zero attached hydrogens (tertiary/aromatic N) is 3. The average molecular weight is 293 g/mol. The van der Waals surface area contributed by atoms with Gasteiger partial charge >= 0.3 is 5.97 Å². The third-order valence-corrected chi connectivity index (χ3v) is 3.62. The van der Waals surface area contributed by atoms with Crippen molar-refractivity contribution in [2.45, 2.75) is 18.5 Å². The van der Waals surface area contributed by atoms with Crippen LogP contribution in [0.4, 0.5) is 0 Å². The number of aromatic nitrogens is 3. The summed E-state index contributed by atoms with van der Waals surface area (Å²) >= 11 is 1.19. The van der Waals surface area contributed by atoms with Gasteiger partial charge in [0.15, 0.2) is 5.16 Å². The molecule has 0 aliphatic carbocycles. The highest BCUT2D eigenvalue weighted by atomic mass is 32.2. The summed E-state index contributed by atoms with van der Waals surface area (Å²) in [6, 6.07) is 3.64. The second kappa shape index (κ2) is 6.42. The van der Waals surface area contributed by atoms with E-state index < -0.39 is 5.97 Å². The van der Waals surface area contributed by atoms with Crippen molar-refractivity contribution >= 4 is 17.7 Å². The molecule has 20 heavy (non-hydrogen) atoms.